The van der Waals surface area contributed by atoms with Gasteiger partial charge in [-0.05, 0) is 24.1 Å². The summed E-state index contributed by atoms with van der Waals surface area (Å²) in [5, 5.41) is 0.751. The first-order chi connectivity index (χ1) is 11.0. The van der Waals surface area contributed by atoms with Crippen LogP contribution in [0.4, 0.5) is 11.6 Å². The molecule has 1 aliphatic heterocycles. The van der Waals surface area contributed by atoms with Crippen LogP contribution in [0.15, 0.2) is 35.1 Å². The molecular formula is C17H21ClN4O. The maximum Gasteiger partial charge on any atom is 0.252 e. The molecule has 0 atom stereocenters. The molecule has 0 amide bonds. The Morgan fingerprint density at radius 1 is 1.13 bits per heavy atom. The second kappa shape index (κ2) is 6.62. The molecule has 0 bridgehead atoms. The number of hydrogen-bond donors (Lipinski definition) is 1. The Labute approximate surface area is 140 Å². The molecule has 0 radical (unpaired) electrons. The van der Waals surface area contributed by atoms with Gasteiger partial charge in [0, 0.05) is 43.0 Å². The average Bonchev–Trinajstić information content (AvgIpc) is 2.54. The van der Waals surface area contributed by atoms with Crippen LogP contribution in [0.5, 0.6) is 0 Å². The summed E-state index contributed by atoms with van der Waals surface area (Å²) < 4.78 is 0. The number of aromatic amines is 1. The van der Waals surface area contributed by atoms with E-state index in [0.29, 0.717) is 5.95 Å². The first-order valence-electron chi connectivity index (χ1n) is 7.89. The lowest BCUT2D eigenvalue weighted by atomic mass is 10.1. The van der Waals surface area contributed by atoms with Gasteiger partial charge in [-0.1, -0.05) is 31.5 Å². The number of benzene rings is 1. The second-order valence-corrected chi connectivity index (χ2v) is 6.54. The lowest BCUT2D eigenvalue weighted by Gasteiger charge is -2.36. The van der Waals surface area contributed by atoms with Crippen molar-refractivity contribution in [2.75, 3.05) is 36.0 Å². The molecule has 6 heteroatoms. The number of anilines is 2. The van der Waals surface area contributed by atoms with Crippen LogP contribution in [-0.4, -0.2) is 36.1 Å². The summed E-state index contributed by atoms with van der Waals surface area (Å²) in [5.74, 6) is 0.913. The summed E-state index contributed by atoms with van der Waals surface area (Å²) in [7, 11) is 0. The monoisotopic (exact) mass is 332 g/mol. The van der Waals surface area contributed by atoms with Crippen LogP contribution in [0.2, 0.25) is 5.02 Å². The Morgan fingerprint density at radius 2 is 1.83 bits per heavy atom. The molecule has 3 rings (SSSR count). The van der Waals surface area contributed by atoms with Gasteiger partial charge in [0.15, 0.2) is 0 Å². The van der Waals surface area contributed by atoms with Crippen LogP contribution >= 0.6 is 11.6 Å². The zero-order valence-corrected chi connectivity index (χ0v) is 14.2. The predicted octanol–water partition coefficient (Wildman–Crippen LogP) is 2.87. The Kier molecular flexibility index (Phi) is 4.57. The lowest BCUT2D eigenvalue weighted by molar-refractivity contribution is 0.635. The molecule has 0 aliphatic carbocycles. The molecule has 1 aliphatic rings. The normalized spacial score (nSPS) is 15.3. The molecule has 1 saturated heterocycles. The van der Waals surface area contributed by atoms with Gasteiger partial charge in [0.25, 0.3) is 5.56 Å². The van der Waals surface area contributed by atoms with E-state index in [4.69, 9.17) is 11.6 Å². The van der Waals surface area contributed by atoms with Gasteiger partial charge < -0.3 is 9.80 Å². The zero-order valence-electron chi connectivity index (χ0n) is 13.4. The summed E-state index contributed by atoms with van der Waals surface area (Å²) in [5.41, 5.74) is 1.88. The summed E-state index contributed by atoms with van der Waals surface area (Å²) in [6.45, 7) is 7.46. The molecule has 2 aromatic rings. The van der Waals surface area contributed by atoms with Crippen molar-refractivity contribution in [2.24, 2.45) is 0 Å². The van der Waals surface area contributed by atoms with Crippen molar-refractivity contribution in [1.82, 2.24) is 9.97 Å². The van der Waals surface area contributed by atoms with Gasteiger partial charge in [-0.15, -0.1) is 0 Å². The molecule has 5 nitrogen and oxygen atoms in total. The van der Waals surface area contributed by atoms with E-state index in [1.54, 1.807) is 6.07 Å². The number of aromatic nitrogens is 2. The average molecular weight is 333 g/mol. The molecule has 1 fully saturated rings. The molecular weight excluding hydrogens is 312 g/mol. The van der Waals surface area contributed by atoms with Gasteiger partial charge in [-0.2, -0.15) is 0 Å². The van der Waals surface area contributed by atoms with Crippen LogP contribution in [0.1, 0.15) is 25.5 Å². The van der Waals surface area contributed by atoms with Gasteiger partial charge in [-0.3, -0.25) is 9.78 Å². The van der Waals surface area contributed by atoms with Gasteiger partial charge in [-0.25, -0.2) is 4.98 Å². The van der Waals surface area contributed by atoms with Crippen molar-refractivity contribution < 1.29 is 0 Å². The fourth-order valence-corrected chi connectivity index (χ4v) is 2.94. The third-order valence-electron chi connectivity index (χ3n) is 4.09. The molecule has 122 valence electrons. The van der Waals surface area contributed by atoms with E-state index in [-0.39, 0.29) is 11.5 Å². The minimum Gasteiger partial charge on any atom is -0.368 e. The molecule has 1 aromatic carbocycles. The third kappa shape index (κ3) is 3.67. The zero-order chi connectivity index (χ0) is 16.4. The van der Waals surface area contributed by atoms with E-state index >= 15 is 0 Å². The van der Waals surface area contributed by atoms with E-state index in [2.05, 4.69) is 25.8 Å². The van der Waals surface area contributed by atoms with E-state index in [0.717, 1.165) is 42.6 Å². The maximum atomic E-state index is 11.8. The quantitative estimate of drug-likeness (QED) is 0.939. The Hall–Kier alpha value is -2.01. The van der Waals surface area contributed by atoms with E-state index in [1.165, 1.54) is 0 Å². The predicted molar refractivity (Wildman–Crippen MR) is 94.8 cm³/mol. The smallest absolute Gasteiger partial charge is 0.252 e. The Balaban J connectivity index is 1.73. The highest BCUT2D eigenvalue weighted by atomic mass is 35.5. The SMILES string of the molecule is CC(C)c1cc(=O)[nH]c(N2CCN(c3cccc(Cl)c3)CC2)n1. The summed E-state index contributed by atoms with van der Waals surface area (Å²) in [6, 6.07) is 9.48. The van der Waals surface area contributed by atoms with Gasteiger partial charge in [0.05, 0.1) is 5.69 Å². The molecule has 0 spiro atoms. The van der Waals surface area contributed by atoms with E-state index in [1.807, 2.05) is 32.0 Å². The number of halogens is 1. The Morgan fingerprint density at radius 3 is 2.48 bits per heavy atom. The standard InChI is InChI=1S/C17H21ClN4O/c1-12(2)15-11-16(23)20-17(19-15)22-8-6-21(7-9-22)14-5-3-4-13(18)10-14/h3-5,10-12H,6-9H2,1-2H3,(H,19,20,23). The molecule has 1 aromatic heterocycles. The third-order valence-corrected chi connectivity index (χ3v) is 4.33. The van der Waals surface area contributed by atoms with E-state index in [9.17, 15) is 4.79 Å². The fourth-order valence-electron chi connectivity index (χ4n) is 2.76. The van der Waals surface area contributed by atoms with Crippen molar-refractivity contribution >= 4 is 23.2 Å². The number of hydrogen-bond acceptors (Lipinski definition) is 4. The van der Waals surface area contributed by atoms with Crippen LogP contribution < -0.4 is 15.4 Å². The molecule has 23 heavy (non-hydrogen) atoms. The minimum atomic E-state index is -0.0871. The number of H-pyrrole nitrogens is 1. The van der Waals surface area contributed by atoms with Crippen molar-refractivity contribution in [3.8, 4) is 0 Å². The molecule has 2 heterocycles. The van der Waals surface area contributed by atoms with Crippen molar-refractivity contribution in [1.29, 1.82) is 0 Å². The van der Waals surface area contributed by atoms with Crippen LogP contribution in [0.3, 0.4) is 0 Å². The first-order valence-corrected chi connectivity index (χ1v) is 8.27. The fraction of sp³-hybridized carbons (Fsp3) is 0.412. The van der Waals surface area contributed by atoms with E-state index < -0.39 is 0 Å². The highest BCUT2D eigenvalue weighted by Gasteiger charge is 2.20. The highest BCUT2D eigenvalue weighted by Crippen LogP contribution is 2.22. The molecule has 0 unspecified atom stereocenters. The van der Waals surface area contributed by atoms with Gasteiger partial charge in [0.1, 0.15) is 0 Å². The van der Waals surface area contributed by atoms with Crippen molar-refractivity contribution in [3.63, 3.8) is 0 Å². The topological polar surface area (TPSA) is 52.2 Å². The maximum absolute atomic E-state index is 11.8. The van der Waals surface area contributed by atoms with Crippen molar-refractivity contribution in [2.45, 2.75) is 19.8 Å². The summed E-state index contributed by atoms with van der Waals surface area (Å²) >= 11 is 6.07. The number of rotatable bonds is 3. The number of piperazine rings is 1. The van der Waals surface area contributed by atoms with Crippen molar-refractivity contribution in [3.05, 3.63) is 51.4 Å². The van der Waals surface area contributed by atoms with Gasteiger partial charge in [0.2, 0.25) is 5.95 Å². The van der Waals surface area contributed by atoms with Crippen LogP contribution in [0, 0.1) is 0 Å². The number of nitrogens with zero attached hydrogens (tertiary/aromatic N) is 3. The summed E-state index contributed by atoms with van der Waals surface area (Å²) in [6.07, 6.45) is 0. The van der Waals surface area contributed by atoms with Crippen LogP contribution in [-0.2, 0) is 0 Å². The lowest BCUT2D eigenvalue weighted by Crippen LogP contribution is -2.47. The van der Waals surface area contributed by atoms with Gasteiger partial charge >= 0.3 is 0 Å². The molecule has 0 saturated carbocycles. The Bertz CT molecular complexity index is 735. The second-order valence-electron chi connectivity index (χ2n) is 6.10. The first kappa shape index (κ1) is 15.9. The summed E-state index contributed by atoms with van der Waals surface area (Å²) in [4.78, 5) is 23.7. The van der Waals surface area contributed by atoms with Crippen LogP contribution in [0.25, 0.3) is 0 Å². The minimum absolute atomic E-state index is 0.0871. The molecule has 1 N–H and O–H groups in total. The highest BCUT2D eigenvalue weighted by molar-refractivity contribution is 6.30. The largest absolute Gasteiger partial charge is 0.368 e. The number of nitrogens with one attached hydrogen (secondary N) is 1.